The summed E-state index contributed by atoms with van der Waals surface area (Å²) in [5.74, 6) is 0.391. The first-order valence-electron chi connectivity index (χ1n) is 8.93. The number of nitrogens with one attached hydrogen (secondary N) is 2. The van der Waals surface area contributed by atoms with E-state index in [1.807, 2.05) is 6.26 Å². The van der Waals surface area contributed by atoms with Crippen LogP contribution in [0.3, 0.4) is 0 Å². The number of ether oxygens (including phenoxy) is 1. The van der Waals surface area contributed by atoms with Gasteiger partial charge in [0.25, 0.3) is 0 Å². The Labute approximate surface area is 161 Å². The highest BCUT2D eigenvalue weighted by molar-refractivity contribution is 7.98. The Hall–Kier alpha value is -1.09. The highest BCUT2D eigenvalue weighted by Gasteiger charge is 2.25. The summed E-state index contributed by atoms with van der Waals surface area (Å²) in [6, 6.07) is 7.31. The second-order valence-corrected chi connectivity index (χ2v) is 8.58. The molecule has 0 bridgehead atoms. The summed E-state index contributed by atoms with van der Waals surface area (Å²) in [5.41, 5.74) is 0. The Morgan fingerprint density at radius 2 is 1.88 bits per heavy atom. The molecule has 0 spiro atoms. The van der Waals surface area contributed by atoms with Crippen LogP contribution in [-0.2, 0) is 19.6 Å². The van der Waals surface area contributed by atoms with Crippen LogP contribution in [0.4, 0.5) is 0 Å². The van der Waals surface area contributed by atoms with Gasteiger partial charge in [-0.2, -0.15) is 16.5 Å². The summed E-state index contributed by atoms with van der Waals surface area (Å²) < 4.78 is 32.9. The number of amides is 1. The molecule has 148 valence electrons. The van der Waals surface area contributed by atoms with Crippen molar-refractivity contribution >= 4 is 27.7 Å². The van der Waals surface area contributed by atoms with E-state index >= 15 is 0 Å². The van der Waals surface area contributed by atoms with Gasteiger partial charge in [-0.25, -0.2) is 8.42 Å². The smallest absolute Gasteiger partial charge is 0.241 e. The van der Waals surface area contributed by atoms with Crippen LogP contribution in [-0.4, -0.2) is 52.1 Å². The molecule has 2 N–H and O–H groups in total. The van der Waals surface area contributed by atoms with Crippen molar-refractivity contribution in [2.75, 3.05) is 31.8 Å². The molecule has 0 saturated heterocycles. The van der Waals surface area contributed by atoms with Crippen LogP contribution in [0.15, 0.2) is 35.2 Å². The van der Waals surface area contributed by atoms with Crippen LogP contribution in [0.1, 0.15) is 32.6 Å². The normalized spacial score (nSPS) is 12.7. The number of hydrogen-bond donors (Lipinski definition) is 2. The zero-order valence-electron chi connectivity index (χ0n) is 15.6. The van der Waals surface area contributed by atoms with Crippen LogP contribution < -0.4 is 10.0 Å². The molecule has 26 heavy (non-hydrogen) atoms. The number of benzene rings is 1. The predicted octanol–water partition coefficient (Wildman–Crippen LogP) is 2.41. The van der Waals surface area contributed by atoms with Crippen LogP contribution in [0.2, 0.25) is 0 Å². The first kappa shape index (κ1) is 23.0. The zero-order valence-corrected chi connectivity index (χ0v) is 17.2. The van der Waals surface area contributed by atoms with Crippen LogP contribution in [0.25, 0.3) is 0 Å². The average molecular weight is 403 g/mol. The van der Waals surface area contributed by atoms with Gasteiger partial charge in [-0.15, -0.1) is 0 Å². The lowest BCUT2D eigenvalue weighted by Crippen LogP contribution is -2.47. The third-order valence-electron chi connectivity index (χ3n) is 3.68. The third-order valence-corrected chi connectivity index (χ3v) is 5.82. The molecular formula is C18H30N2O4S2. The fraction of sp³-hybridized carbons (Fsp3) is 0.611. The van der Waals surface area contributed by atoms with Crippen molar-refractivity contribution in [3.8, 4) is 0 Å². The molecule has 0 aliphatic heterocycles. The number of unbranched alkanes of at least 4 members (excludes halogenated alkanes) is 1. The van der Waals surface area contributed by atoms with Gasteiger partial charge in [-0.1, -0.05) is 31.5 Å². The molecule has 0 aliphatic carbocycles. The Kier molecular flexibility index (Phi) is 11.6. The molecule has 0 radical (unpaired) electrons. The predicted molar refractivity (Wildman–Crippen MR) is 107 cm³/mol. The van der Waals surface area contributed by atoms with E-state index in [1.165, 1.54) is 12.1 Å². The second kappa shape index (κ2) is 13.1. The largest absolute Gasteiger partial charge is 0.381 e. The average Bonchev–Trinajstić information content (AvgIpc) is 2.65. The number of sulfonamides is 1. The van der Waals surface area contributed by atoms with Gasteiger partial charge in [0.2, 0.25) is 15.9 Å². The van der Waals surface area contributed by atoms with Gasteiger partial charge in [0.05, 0.1) is 4.90 Å². The first-order valence-corrected chi connectivity index (χ1v) is 11.8. The van der Waals surface area contributed by atoms with E-state index < -0.39 is 16.1 Å². The maximum Gasteiger partial charge on any atom is 0.241 e. The van der Waals surface area contributed by atoms with Gasteiger partial charge in [-0.3, -0.25) is 4.79 Å². The lowest BCUT2D eigenvalue weighted by molar-refractivity contribution is -0.122. The first-order chi connectivity index (χ1) is 12.5. The lowest BCUT2D eigenvalue weighted by Gasteiger charge is -2.18. The van der Waals surface area contributed by atoms with Crippen molar-refractivity contribution in [3.63, 3.8) is 0 Å². The van der Waals surface area contributed by atoms with Gasteiger partial charge < -0.3 is 10.1 Å². The second-order valence-electron chi connectivity index (χ2n) is 5.88. The molecule has 1 unspecified atom stereocenters. The molecule has 1 atom stereocenters. The lowest BCUT2D eigenvalue weighted by atomic mass is 10.2. The monoisotopic (exact) mass is 402 g/mol. The molecule has 0 heterocycles. The minimum atomic E-state index is -3.73. The van der Waals surface area contributed by atoms with E-state index in [-0.39, 0.29) is 10.8 Å². The van der Waals surface area contributed by atoms with E-state index in [0.29, 0.717) is 31.7 Å². The Morgan fingerprint density at radius 1 is 1.19 bits per heavy atom. The fourth-order valence-corrected chi connectivity index (χ4v) is 3.91. The van der Waals surface area contributed by atoms with Crippen molar-refractivity contribution in [2.45, 2.75) is 43.5 Å². The summed E-state index contributed by atoms with van der Waals surface area (Å²) in [6.07, 6.45) is 5.19. The molecule has 1 aromatic rings. The molecular weight excluding hydrogens is 372 g/mol. The van der Waals surface area contributed by atoms with E-state index in [4.69, 9.17) is 4.74 Å². The molecule has 1 aromatic carbocycles. The maximum atomic E-state index is 12.5. The van der Waals surface area contributed by atoms with Crippen LogP contribution >= 0.6 is 11.8 Å². The summed E-state index contributed by atoms with van der Waals surface area (Å²) >= 11 is 1.57. The van der Waals surface area contributed by atoms with Crippen molar-refractivity contribution in [1.29, 1.82) is 0 Å². The molecule has 8 heteroatoms. The Morgan fingerprint density at radius 3 is 2.54 bits per heavy atom. The number of thioether (sulfide) groups is 1. The van der Waals surface area contributed by atoms with E-state index in [9.17, 15) is 13.2 Å². The minimum absolute atomic E-state index is 0.159. The van der Waals surface area contributed by atoms with E-state index in [1.54, 1.807) is 30.0 Å². The quantitative estimate of drug-likeness (QED) is 0.467. The molecule has 1 rings (SSSR count). The number of carbonyl (C=O) groups is 1. The zero-order chi connectivity index (χ0) is 19.3. The summed E-state index contributed by atoms with van der Waals surface area (Å²) in [5, 5.41) is 2.80. The Bertz CT molecular complexity index is 609. The van der Waals surface area contributed by atoms with E-state index in [0.717, 1.165) is 19.4 Å². The summed E-state index contributed by atoms with van der Waals surface area (Å²) in [6.45, 7) is 3.89. The molecule has 6 nitrogen and oxygen atoms in total. The van der Waals surface area contributed by atoms with Gasteiger partial charge in [0.1, 0.15) is 6.04 Å². The highest BCUT2D eigenvalue weighted by Crippen LogP contribution is 2.10. The highest BCUT2D eigenvalue weighted by atomic mass is 32.2. The topological polar surface area (TPSA) is 84.5 Å². The van der Waals surface area contributed by atoms with Crippen molar-refractivity contribution in [1.82, 2.24) is 10.0 Å². The minimum Gasteiger partial charge on any atom is -0.381 e. The van der Waals surface area contributed by atoms with Gasteiger partial charge in [-0.05, 0) is 43.4 Å². The van der Waals surface area contributed by atoms with Gasteiger partial charge in [0, 0.05) is 19.8 Å². The van der Waals surface area contributed by atoms with E-state index in [2.05, 4.69) is 17.0 Å². The van der Waals surface area contributed by atoms with Crippen molar-refractivity contribution in [2.24, 2.45) is 0 Å². The molecule has 1 amide bonds. The van der Waals surface area contributed by atoms with Crippen molar-refractivity contribution in [3.05, 3.63) is 30.3 Å². The number of carbonyl (C=O) groups excluding carboxylic acids is 1. The van der Waals surface area contributed by atoms with Crippen molar-refractivity contribution < 1.29 is 17.9 Å². The molecule has 0 aromatic heterocycles. The van der Waals surface area contributed by atoms with Gasteiger partial charge >= 0.3 is 0 Å². The summed E-state index contributed by atoms with van der Waals surface area (Å²) in [4.78, 5) is 12.6. The summed E-state index contributed by atoms with van der Waals surface area (Å²) in [7, 11) is -3.73. The van der Waals surface area contributed by atoms with Crippen LogP contribution in [0, 0.1) is 0 Å². The third kappa shape index (κ3) is 9.02. The Balaban J connectivity index is 2.53. The standard InChI is InChI=1S/C18H30N2O4S2/c1-3-4-13-24-14-8-12-19-18(21)17(11-15-25-2)20-26(22,23)16-9-6-5-7-10-16/h5-7,9-10,17,20H,3-4,8,11-15H2,1-2H3,(H,19,21). The molecule has 0 aliphatic rings. The fourth-order valence-electron chi connectivity index (χ4n) is 2.19. The molecule has 0 fully saturated rings. The SMILES string of the molecule is CCCCOCCCNC(=O)C(CCSC)NS(=O)(=O)c1ccccc1. The van der Waals surface area contributed by atoms with Crippen LogP contribution in [0.5, 0.6) is 0 Å². The number of hydrogen-bond acceptors (Lipinski definition) is 5. The molecule has 0 saturated carbocycles. The van der Waals surface area contributed by atoms with Gasteiger partial charge in [0.15, 0.2) is 0 Å². The maximum absolute atomic E-state index is 12.5. The number of rotatable bonds is 14.